The number of carbonyl (C=O) groups is 2. The Balaban J connectivity index is 2.47. The van der Waals surface area contributed by atoms with Gasteiger partial charge in [0, 0.05) is 17.7 Å². The summed E-state index contributed by atoms with van der Waals surface area (Å²) in [6, 6.07) is 4.70. The molecule has 13 heteroatoms. The van der Waals surface area contributed by atoms with Crippen molar-refractivity contribution in [3.63, 3.8) is 0 Å². The fourth-order valence-electron chi connectivity index (χ4n) is 3.75. The van der Waals surface area contributed by atoms with Crippen molar-refractivity contribution in [1.82, 2.24) is 4.57 Å². The van der Waals surface area contributed by atoms with Crippen LogP contribution >= 0.6 is 0 Å². The number of aromatic carboxylic acids is 1. The van der Waals surface area contributed by atoms with E-state index in [0.29, 0.717) is 12.8 Å². The average molecular weight is 528 g/mol. The van der Waals surface area contributed by atoms with Gasteiger partial charge in [0.1, 0.15) is 23.4 Å². The van der Waals surface area contributed by atoms with Crippen LogP contribution in [0.1, 0.15) is 67.9 Å². The highest BCUT2D eigenvalue weighted by atomic mass is 16.6. The SMILES string of the molecule is CCCCC(CC)C(=O)OC(C)Cn1c(O)c(C#N)c(C)c(N=Nc2ccc([N+](=O)[O-])cc2C(=O)O)c1=O. The number of carbonyl (C=O) groups excluding carboxylic acids is 1. The molecule has 0 aliphatic heterocycles. The van der Waals surface area contributed by atoms with E-state index in [1.54, 1.807) is 13.0 Å². The van der Waals surface area contributed by atoms with Crippen LogP contribution in [0.5, 0.6) is 5.88 Å². The van der Waals surface area contributed by atoms with E-state index in [1.165, 1.54) is 6.92 Å². The van der Waals surface area contributed by atoms with Gasteiger partial charge >= 0.3 is 11.9 Å². The fraction of sp³-hybridized carbons (Fsp3) is 0.440. The van der Waals surface area contributed by atoms with Gasteiger partial charge in [-0.3, -0.25) is 24.3 Å². The van der Waals surface area contributed by atoms with Crippen LogP contribution in [0.2, 0.25) is 0 Å². The largest absolute Gasteiger partial charge is 0.493 e. The van der Waals surface area contributed by atoms with Crippen molar-refractivity contribution in [2.24, 2.45) is 16.1 Å². The molecule has 2 rings (SSSR count). The highest BCUT2D eigenvalue weighted by molar-refractivity contribution is 5.94. The average Bonchev–Trinajstić information content (AvgIpc) is 2.87. The number of hydrogen-bond donors (Lipinski definition) is 2. The second-order valence-corrected chi connectivity index (χ2v) is 8.66. The Hall–Kier alpha value is -4.60. The number of aromatic nitrogens is 1. The molecule has 38 heavy (non-hydrogen) atoms. The zero-order valence-corrected chi connectivity index (χ0v) is 21.5. The number of carboxylic acid groups (broad SMARTS) is 1. The normalized spacial score (nSPS) is 12.6. The van der Waals surface area contributed by atoms with Crippen molar-refractivity contribution in [1.29, 1.82) is 5.26 Å². The third kappa shape index (κ3) is 6.78. The van der Waals surface area contributed by atoms with Gasteiger partial charge in [-0.05, 0) is 32.8 Å². The van der Waals surface area contributed by atoms with Crippen molar-refractivity contribution in [3.8, 4) is 11.9 Å². The number of hydrogen-bond acceptors (Lipinski definition) is 10. The molecule has 202 valence electrons. The maximum atomic E-state index is 13.2. The Labute approximate surface area is 218 Å². The molecule has 0 fully saturated rings. The monoisotopic (exact) mass is 527 g/mol. The number of non-ortho nitro benzene ring substituents is 1. The van der Waals surface area contributed by atoms with Gasteiger partial charge in [0.15, 0.2) is 5.69 Å². The minimum absolute atomic E-state index is 0.0101. The van der Waals surface area contributed by atoms with E-state index in [4.69, 9.17) is 4.74 Å². The molecule has 1 heterocycles. The Morgan fingerprint density at radius 3 is 2.53 bits per heavy atom. The van der Waals surface area contributed by atoms with Gasteiger partial charge in [0.2, 0.25) is 5.88 Å². The van der Waals surface area contributed by atoms with E-state index in [2.05, 4.69) is 10.2 Å². The predicted octanol–water partition coefficient (Wildman–Crippen LogP) is 4.90. The number of rotatable bonds is 12. The lowest BCUT2D eigenvalue weighted by Crippen LogP contribution is -2.30. The second-order valence-electron chi connectivity index (χ2n) is 8.66. The van der Waals surface area contributed by atoms with Crippen molar-refractivity contribution >= 4 is 29.0 Å². The molecule has 0 amide bonds. The predicted molar refractivity (Wildman–Crippen MR) is 135 cm³/mol. The van der Waals surface area contributed by atoms with Gasteiger partial charge in [-0.1, -0.05) is 26.7 Å². The Kier molecular flexibility index (Phi) is 10.2. The summed E-state index contributed by atoms with van der Waals surface area (Å²) in [5.41, 5.74) is -2.75. The number of nitriles is 1. The summed E-state index contributed by atoms with van der Waals surface area (Å²) in [5, 5.41) is 48.2. The third-order valence-corrected chi connectivity index (χ3v) is 5.94. The zero-order valence-electron chi connectivity index (χ0n) is 21.5. The number of nitro benzene ring substituents is 1. The molecule has 2 aromatic rings. The second kappa shape index (κ2) is 13.1. The van der Waals surface area contributed by atoms with Crippen LogP contribution < -0.4 is 5.56 Å². The van der Waals surface area contributed by atoms with Crippen molar-refractivity contribution in [2.45, 2.75) is 66.0 Å². The van der Waals surface area contributed by atoms with Gasteiger partial charge in [0.25, 0.3) is 11.2 Å². The van der Waals surface area contributed by atoms with Crippen molar-refractivity contribution in [2.75, 3.05) is 0 Å². The maximum absolute atomic E-state index is 13.2. The summed E-state index contributed by atoms with van der Waals surface area (Å²) >= 11 is 0. The van der Waals surface area contributed by atoms with Crippen LogP contribution in [-0.2, 0) is 16.1 Å². The van der Waals surface area contributed by atoms with Crippen molar-refractivity contribution < 1.29 is 29.5 Å². The smallest absolute Gasteiger partial charge is 0.338 e. The minimum atomic E-state index is -1.50. The zero-order chi connectivity index (χ0) is 28.6. The van der Waals surface area contributed by atoms with Gasteiger partial charge in [0.05, 0.1) is 22.9 Å². The molecule has 0 bridgehead atoms. The summed E-state index contributed by atoms with van der Waals surface area (Å²) in [6.07, 6.45) is 2.20. The lowest BCUT2D eigenvalue weighted by atomic mass is 10.00. The quantitative estimate of drug-likeness (QED) is 0.167. The van der Waals surface area contributed by atoms with E-state index in [9.17, 15) is 40.0 Å². The molecular formula is C25H29N5O8. The summed E-state index contributed by atoms with van der Waals surface area (Å²) in [7, 11) is 0. The van der Waals surface area contributed by atoms with Crippen LogP contribution in [0.4, 0.5) is 17.1 Å². The number of aromatic hydroxyl groups is 1. The Morgan fingerprint density at radius 1 is 1.29 bits per heavy atom. The number of nitro groups is 1. The molecule has 0 aliphatic carbocycles. The van der Waals surface area contributed by atoms with E-state index in [1.807, 2.05) is 13.8 Å². The number of unbranched alkanes of at least 4 members (excludes halogenated alkanes) is 1. The first-order valence-electron chi connectivity index (χ1n) is 12.0. The molecule has 0 radical (unpaired) electrons. The number of nitrogens with zero attached hydrogens (tertiary/aromatic N) is 5. The van der Waals surface area contributed by atoms with Crippen LogP contribution in [0.3, 0.4) is 0 Å². The summed E-state index contributed by atoms with van der Waals surface area (Å²) in [5.74, 6) is -2.87. The maximum Gasteiger partial charge on any atom is 0.338 e. The van der Waals surface area contributed by atoms with E-state index in [0.717, 1.165) is 35.6 Å². The van der Waals surface area contributed by atoms with E-state index >= 15 is 0 Å². The standard InChI is InChI=1S/C25H29N5O8/c1-5-7-8-16(6-2)25(35)38-14(3)13-29-22(31)19(12-26)15(4)21(23(29)32)28-27-20-10-9-17(30(36)37)11-18(20)24(33)34/h9-11,14,16,31H,5-8,13H2,1-4H3,(H,33,34). The molecule has 13 nitrogen and oxygen atoms in total. The number of azo groups is 1. The fourth-order valence-corrected chi connectivity index (χ4v) is 3.75. The lowest BCUT2D eigenvalue weighted by molar-refractivity contribution is -0.384. The first-order valence-corrected chi connectivity index (χ1v) is 12.0. The van der Waals surface area contributed by atoms with Crippen LogP contribution in [0, 0.1) is 34.3 Å². The van der Waals surface area contributed by atoms with Gasteiger partial charge < -0.3 is 14.9 Å². The highest BCUT2D eigenvalue weighted by Gasteiger charge is 2.24. The summed E-state index contributed by atoms with van der Waals surface area (Å²) in [4.78, 5) is 47.6. The lowest BCUT2D eigenvalue weighted by Gasteiger charge is -2.20. The van der Waals surface area contributed by atoms with E-state index in [-0.39, 0.29) is 35.0 Å². The molecule has 1 aromatic carbocycles. The topological polar surface area (TPSA) is 197 Å². The Morgan fingerprint density at radius 2 is 1.97 bits per heavy atom. The molecule has 0 aliphatic rings. The first-order chi connectivity index (χ1) is 18.0. The minimum Gasteiger partial charge on any atom is -0.493 e. The molecule has 1 aromatic heterocycles. The van der Waals surface area contributed by atoms with Crippen LogP contribution in [-0.4, -0.2) is 37.7 Å². The number of ether oxygens (including phenoxy) is 1. The number of carboxylic acids is 1. The third-order valence-electron chi connectivity index (χ3n) is 5.94. The molecule has 2 unspecified atom stereocenters. The summed E-state index contributed by atoms with van der Waals surface area (Å²) < 4.78 is 6.32. The van der Waals surface area contributed by atoms with E-state index < -0.39 is 45.7 Å². The van der Waals surface area contributed by atoms with Gasteiger partial charge in [-0.25, -0.2) is 4.79 Å². The van der Waals surface area contributed by atoms with Crippen LogP contribution in [0.15, 0.2) is 33.2 Å². The molecule has 2 N–H and O–H groups in total. The molecule has 0 saturated carbocycles. The summed E-state index contributed by atoms with van der Waals surface area (Å²) in [6.45, 7) is 6.50. The molecule has 0 saturated heterocycles. The van der Waals surface area contributed by atoms with Crippen molar-refractivity contribution in [3.05, 3.63) is 55.4 Å². The number of esters is 1. The van der Waals surface area contributed by atoms with Gasteiger partial charge in [-0.2, -0.15) is 5.26 Å². The van der Waals surface area contributed by atoms with Gasteiger partial charge in [-0.15, -0.1) is 10.2 Å². The highest BCUT2D eigenvalue weighted by Crippen LogP contribution is 2.30. The molecule has 2 atom stereocenters. The molecular weight excluding hydrogens is 498 g/mol. The number of benzene rings is 1. The first kappa shape index (κ1) is 29.6. The molecule has 0 spiro atoms. The van der Waals surface area contributed by atoms with Crippen LogP contribution in [0.25, 0.3) is 0 Å². The number of pyridine rings is 1. The Bertz CT molecular complexity index is 1360.